The van der Waals surface area contributed by atoms with Crippen molar-refractivity contribution < 1.29 is 0 Å². The summed E-state index contributed by atoms with van der Waals surface area (Å²) in [6.45, 7) is 2.07. The van der Waals surface area contributed by atoms with Crippen LogP contribution in [0, 0.1) is 6.92 Å². The van der Waals surface area contributed by atoms with Gasteiger partial charge in [0.2, 0.25) is 0 Å². The predicted molar refractivity (Wildman–Crippen MR) is 94.0 cm³/mol. The van der Waals surface area contributed by atoms with Gasteiger partial charge in [-0.15, -0.1) is 0 Å². The molecule has 0 aliphatic carbocycles. The maximum Gasteiger partial charge on any atom is 0.163 e. The summed E-state index contributed by atoms with van der Waals surface area (Å²) < 4.78 is 1.89. The van der Waals surface area contributed by atoms with Crippen molar-refractivity contribution in [2.45, 2.75) is 6.92 Å². The van der Waals surface area contributed by atoms with Crippen LogP contribution >= 0.6 is 11.6 Å². The van der Waals surface area contributed by atoms with Crippen molar-refractivity contribution >= 4 is 22.6 Å². The van der Waals surface area contributed by atoms with Crippen LogP contribution in [-0.4, -0.2) is 14.8 Å². The number of hydrogen-bond donors (Lipinski definition) is 0. The summed E-state index contributed by atoms with van der Waals surface area (Å²) in [5.74, 6) is 0. The van der Waals surface area contributed by atoms with E-state index in [4.69, 9.17) is 16.7 Å². The summed E-state index contributed by atoms with van der Waals surface area (Å²) in [6, 6.07) is 20.0. The number of fused-ring (bicyclic) bond motifs is 1. The Morgan fingerprint density at radius 2 is 1.65 bits per heavy atom. The van der Waals surface area contributed by atoms with Gasteiger partial charge >= 0.3 is 0 Å². The van der Waals surface area contributed by atoms with E-state index in [1.54, 1.807) is 6.20 Å². The first-order valence-electron chi connectivity index (χ1n) is 7.39. The molecule has 4 heteroatoms. The summed E-state index contributed by atoms with van der Waals surface area (Å²) in [6.07, 6.45) is 1.79. The van der Waals surface area contributed by atoms with Gasteiger partial charge in [-0.05, 0) is 43.3 Å². The van der Waals surface area contributed by atoms with Crippen LogP contribution in [0.4, 0.5) is 0 Å². The lowest BCUT2D eigenvalue weighted by Crippen LogP contribution is -1.97. The zero-order chi connectivity index (χ0) is 15.8. The molecule has 4 aromatic rings. The van der Waals surface area contributed by atoms with Crippen LogP contribution < -0.4 is 0 Å². The molecule has 0 saturated heterocycles. The third kappa shape index (κ3) is 2.49. The summed E-state index contributed by atoms with van der Waals surface area (Å²) in [5, 5.41) is 6.54. The molecule has 4 rings (SSSR count). The van der Waals surface area contributed by atoms with E-state index in [0.29, 0.717) is 5.02 Å². The minimum Gasteiger partial charge on any atom is -0.237 e. The summed E-state index contributed by atoms with van der Waals surface area (Å²) in [7, 11) is 0. The van der Waals surface area contributed by atoms with Crippen LogP contribution in [0.5, 0.6) is 0 Å². The fraction of sp³-hybridized carbons (Fsp3) is 0.0526. The van der Waals surface area contributed by atoms with E-state index < -0.39 is 0 Å². The van der Waals surface area contributed by atoms with Crippen molar-refractivity contribution in [2.75, 3.05) is 0 Å². The van der Waals surface area contributed by atoms with E-state index >= 15 is 0 Å². The third-order valence-corrected chi connectivity index (χ3v) is 4.09. The molecule has 2 aromatic carbocycles. The molecular formula is C19H14ClN3. The van der Waals surface area contributed by atoms with Gasteiger partial charge in [-0.25, -0.2) is 9.67 Å². The van der Waals surface area contributed by atoms with Crippen LogP contribution in [0.3, 0.4) is 0 Å². The number of aromatic nitrogens is 3. The monoisotopic (exact) mass is 319 g/mol. The number of aryl methyl sites for hydroxylation is 1. The molecule has 23 heavy (non-hydrogen) atoms. The fourth-order valence-corrected chi connectivity index (χ4v) is 2.76. The fourth-order valence-electron chi connectivity index (χ4n) is 2.64. The zero-order valence-electron chi connectivity index (χ0n) is 12.6. The molecule has 0 spiro atoms. The van der Waals surface area contributed by atoms with Crippen LogP contribution in [0.1, 0.15) is 5.56 Å². The Balaban J connectivity index is 1.96. The summed E-state index contributed by atoms with van der Waals surface area (Å²) in [5.41, 5.74) is 5.00. The molecule has 3 nitrogen and oxygen atoms in total. The molecule has 0 unspecified atom stereocenters. The van der Waals surface area contributed by atoms with Crippen molar-refractivity contribution in [3.63, 3.8) is 0 Å². The Hall–Kier alpha value is -2.65. The first kappa shape index (κ1) is 14.0. The largest absolute Gasteiger partial charge is 0.237 e. The first-order valence-corrected chi connectivity index (χ1v) is 7.77. The second-order valence-electron chi connectivity index (χ2n) is 5.48. The SMILES string of the molecule is Cc1ccc(-n2nc(-c3ccc(Cl)cc3)c3cccnc32)cc1. The molecule has 2 heterocycles. The standard InChI is InChI=1S/C19H14ClN3/c1-13-4-10-16(11-5-13)23-19-17(3-2-12-21-19)18(22-23)14-6-8-15(20)9-7-14/h2-12H,1H3. The van der Waals surface area contributed by atoms with Crippen molar-refractivity contribution in [1.29, 1.82) is 0 Å². The van der Waals surface area contributed by atoms with Gasteiger partial charge in [-0.1, -0.05) is 41.4 Å². The molecule has 0 aliphatic rings. The maximum atomic E-state index is 6.00. The lowest BCUT2D eigenvalue weighted by Gasteiger charge is -2.02. The molecule has 2 aromatic heterocycles. The smallest absolute Gasteiger partial charge is 0.163 e. The molecule has 0 atom stereocenters. The van der Waals surface area contributed by atoms with Gasteiger partial charge in [0.25, 0.3) is 0 Å². The lowest BCUT2D eigenvalue weighted by atomic mass is 10.1. The molecule has 0 bridgehead atoms. The average Bonchev–Trinajstić information content (AvgIpc) is 2.96. The van der Waals surface area contributed by atoms with Crippen molar-refractivity contribution in [2.24, 2.45) is 0 Å². The average molecular weight is 320 g/mol. The van der Waals surface area contributed by atoms with Gasteiger partial charge in [-0.2, -0.15) is 5.10 Å². The van der Waals surface area contributed by atoms with Gasteiger partial charge in [0.1, 0.15) is 5.69 Å². The number of hydrogen-bond acceptors (Lipinski definition) is 2. The molecule has 112 valence electrons. The number of halogens is 1. The van der Waals surface area contributed by atoms with E-state index in [9.17, 15) is 0 Å². The normalized spacial score (nSPS) is 11.0. The molecule has 0 aliphatic heterocycles. The van der Waals surface area contributed by atoms with Gasteiger partial charge in [0.15, 0.2) is 5.65 Å². The van der Waals surface area contributed by atoms with Crippen LogP contribution in [0.25, 0.3) is 28.0 Å². The van der Waals surface area contributed by atoms with Crippen molar-refractivity contribution in [3.05, 3.63) is 77.4 Å². The molecule has 0 fully saturated rings. The second-order valence-corrected chi connectivity index (χ2v) is 5.91. The van der Waals surface area contributed by atoms with E-state index in [-0.39, 0.29) is 0 Å². The van der Waals surface area contributed by atoms with Crippen LogP contribution in [-0.2, 0) is 0 Å². The van der Waals surface area contributed by atoms with Crippen LogP contribution in [0.2, 0.25) is 5.02 Å². The summed E-state index contributed by atoms with van der Waals surface area (Å²) in [4.78, 5) is 4.52. The Labute approximate surface area is 139 Å². The highest BCUT2D eigenvalue weighted by Crippen LogP contribution is 2.29. The van der Waals surface area contributed by atoms with Crippen molar-refractivity contribution in [3.8, 4) is 16.9 Å². The second kappa shape index (κ2) is 5.52. The first-order chi connectivity index (χ1) is 11.2. The molecule has 0 amide bonds. The predicted octanol–water partition coefficient (Wildman–Crippen LogP) is 5.05. The Bertz CT molecular complexity index is 890. The Morgan fingerprint density at radius 3 is 2.39 bits per heavy atom. The van der Waals surface area contributed by atoms with E-state index in [0.717, 1.165) is 28.0 Å². The minimum absolute atomic E-state index is 0.717. The minimum atomic E-state index is 0.717. The highest BCUT2D eigenvalue weighted by Gasteiger charge is 2.14. The van der Waals surface area contributed by atoms with E-state index in [2.05, 4.69) is 36.2 Å². The Kier molecular flexibility index (Phi) is 3.36. The lowest BCUT2D eigenvalue weighted by molar-refractivity contribution is 0.900. The molecular weight excluding hydrogens is 306 g/mol. The number of rotatable bonds is 2. The summed E-state index contributed by atoms with van der Waals surface area (Å²) >= 11 is 6.00. The zero-order valence-corrected chi connectivity index (χ0v) is 13.3. The number of benzene rings is 2. The highest BCUT2D eigenvalue weighted by atomic mass is 35.5. The molecule has 0 radical (unpaired) electrons. The van der Waals surface area contributed by atoms with Gasteiger partial charge < -0.3 is 0 Å². The highest BCUT2D eigenvalue weighted by molar-refractivity contribution is 6.30. The third-order valence-electron chi connectivity index (χ3n) is 3.84. The van der Waals surface area contributed by atoms with E-state index in [1.807, 2.05) is 41.1 Å². The number of pyridine rings is 1. The topological polar surface area (TPSA) is 30.7 Å². The van der Waals surface area contributed by atoms with Gasteiger partial charge in [0, 0.05) is 22.2 Å². The Morgan fingerprint density at radius 1 is 0.913 bits per heavy atom. The molecule has 0 saturated carbocycles. The van der Waals surface area contributed by atoms with Crippen LogP contribution in [0.15, 0.2) is 66.9 Å². The van der Waals surface area contributed by atoms with Gasteiger partial charge in [-0.3, -0.25) is 0 Å². The number of nitrogens with zero attached hydrogens (tertiary/aromatic N) is 3. The van der Waals surface area contributed by atoms with E-state index in [1.165, 1.54) is 5.56 Å². The maximum absolute atomic E-state index is 6.00. The van der Waals surface area contributed by atoms with Gasteiger partial charge in [0.05, 0.1) is 5.69 Å². The molecule has 0 N–H and O–H groups in total. The van der Waals surface area contributed by atoms with Crippen molar-refractivity contribution in [1.82, 2.24) is 14.8 Å². The quantitative estimate of drug-likeness (QED) is 0.517.